The van der Waals surface area contributed by atoms with Crippen molar-refractivity contribution in [2.75, 3.05) is 26.3 Å². The lowest BCUT2D eigenvalue weighted by Gasteiger charge is -2.40. The summed E-state index contributed by atoms with van der Waals surface area (Å²) in [6.45, 7) is 3.40. The summed E-state index contributed by atoms with van der Waals surface area (Å²) < 4.78 is 13.2. The Morgan fingerprint density at radius 2 is 2.25 bits per heavy atom. The smallest absolute Gasteiger partial charge is 0.260 e. The number of para-hydroxylation sites is 1. The molecule has 0 saturated carbocycles. The molecule has 1 fully saturated rings. The van der Waals surface area contributed by atoms with Crippen molar-refractivity contribution >= 4 is 17.5 Å². The number of carbonyl (C=O) groups excluding carboxylic acids is 1. The molecule has 0 spiro atoms. The number of halogens is 1. The predicted molar refractivity (Wildman–Crippen MR) is 90.0 cm³/mol. The molecule has 2 aromatic rings. The molecule has 1 aromatic heterocycles. The van der Waals surface area contributed by atoms with Gasteiger partial charge in [0.05, 0.1) is 24.4 Å². The first-order valence-corrected chi connectivity index (χ1v) is 8.14. The van der Waals surface area contributed by atoms with Crippen LogP contribution in [0.3, 0.4) is 0 Å². The Bertz CT molecular complexity index is 733. The van der Waals surface area contributed by atoms with E-state index in [2.05, 4.69) is 5.10 Å². The Hall–Kier alpha value is -2.05. The van der Waals surface area contributed by atoms with E-state index in [0.717, 1.165) is 5.56 Å². The number of amides is 1. The number of carbonyl (C=O) groups is 1. The highest BCUT2D eigenvalue weighted by molar-refractivity contribution is 6.32. The molecule has 1 aliphatic rings. The van der Waals surface area contributed by atoms with Crippen LogP contribution < -0.4 is 4.74 Å². The molecule has 7 heteroatoms. The molecule has 1 saturated heterocycles. The Morgan fingerprint density at radius 1 is 1.46 bits per heavy atom. The average molecular weight is 350 g/mol. The van der Waals surface area contributed by atoms with Crippen molar-refractivity contribution in [2.24, 2.45) is 7.05 Å². The SMILES string of the molecule is Cn1cc([C@]2(C)CN(C(=O)COc3ccccc3Cl)CCO2)cn1. The molecule has 6 nitrogen and oxygen atoms in total. The standard InChI is InChI=1S/C17H20ClN3O3/c1-17(13-9-19-20(2)10-13)12-21(7-8-24-17)16(22)11-23-15-6-4-3-5-14(15)18/h3-6,9-10H,7-8,11-12H2,1-2H3/t17-/m0/s1. The number of hydrogen-bond donors (Lipinski definition) is 0. The first kappa shape index (κ1) is 16.8. The van der Waals surface area contributed by atoms with Crippen molar-refractivity contribution in [3.8, 4) is 5.75 Å². The predicted octanol–water partition coefficient (Wildman–Crippen LogP) is 2.23. The van der Waals surface area contributed by atoms with E-state index < -0.39 is 5.60 Å². The van der Waals surface area contributed by atoms with Crippen LogP contribution in [-0.4, -0.2) is 46.9 Å². The fourth-order valence-electron chi connectivity index (χ4n) is 2.74. The second-order valence-electron chi connectivity index (χ2n) is 6.02. The van der Waals surface area contributed by atoms with E-state index >= 15 is 0 Å². The van der Waals surface area contributed by atoms with Gasteiger partial charge in [0.1, 0.15) is 11.4 Å². The summed E-state index contributed by atoms with van der Waals surface area (Å²) in [5.41, 5.74) is 0.390. The molecule has 0 aliphatic carbocycles. The fourth-order valence-corrected chi connectivity index (χ4v) is 2.93. The number of morpholine rings is 1. The Kier molecular flexibility index (Phi) is 4.78. The van der Waals surface area contributed by atoms with E-state index in [1.54, 1.807) is 27.9 Å². The van der Waals surface area contributed by atoms with E-state index in [9.17, 15) is 4.79 Å². The number of ether oxygens (including phenoxy) is 2. The van der Waals surface area contributed by atoms with Gasteiger partial charge in [-0.3, -0.25) is 9.48 Å². The number of rotatable bonds is 4. The zero-order valence-corrected chi connectivity index (χ0v) is 14.5. The van der Waals surface area contributed by atoms with Crippen LogP contribution in [0.1, 0.15) is 12.5 Å². The van der Waals surface area contributed by atoms with Crippen LogP contribution in [0.25, 0.3) is 0 Å². The molecule has 2 heterocycles. The van der Waals surface area contributed by atoms with Crippen LogP contribution in [0.15, 0.2) is 36.7 Å². The van der Waals surface area contributed by atoms with Gasteiger partial charge < -0.3 is 14.4 Å². The van der Waals surface area contributed by atoms with Crippen molar-refractivity contribution in [3.63, 3.8) is 0 Å². The number of nitrogens with zero attached hydrogens (tertiary/aromatic N) is 3. The topological polar surface area (TPSA) is 56.6 Å². The molecule has 24 heavy (non-hydrogen) atoms. The molecule has 0 unspecified atom stereocenters. The van der Waals surface area contributed by atoms with E-state index in [1.807, 2.05) is 32.3 Å². The Balaban J connectivity index is 1.64. The minimum Gasteiger partial charge on any atom is -0.482 e. The number of aryl methyl sites for hydroxylation is 1. The lowest BCUT2D eigenvalue weighted by Crippen LogP contribution is -2.51. The van der Waals surface area contributed by atoms with Gasteiger partial charge >= 0.3 is 0 Å². The third kappa shape index (κ3) is 3.55. The molecule has 0 bridgehead atoms. The van der Waals surface area contributed by atoms with Gasteiger partial charge in [0.15, 0.2) is 6.61 Å². The van der Waals surface area contributed by atoms with E-state index in [1.165, 1.54) is 0 Å². The maximum absolute atomic E-state index is 12.5. The largest absolute Gasteiger partial charge is 0.482 e. The zero-order chi connectivity index (χ0) is 17.2. The Labute approximate surface area is 145 Å². The van der Waals surface area contributed by atoms with Crippen LogP contribution >= 0.6 is 11.6 Å². The van der Waals surface area contributed by atoms with Crippen molar-refractivity contribution in [2.45, 2.75) is 12.5 Å². The van der Waals surface area contributed by atoms with Crippen LogP contribution in [0.4, 0.5) is 0 Å². The van der Waals surface area contributed by atoms with Gasteiger partial charge in [-0.05, 0) is 19.1 Å². The molecule has 1 atom stereocenters. The van der Waals surface area contributed by atoms with Crippen LogP contribution in [0.2, 0.25) is 5.02 Å². The second kappa shape index (κ2) is 6.83. The molecule has 0 radical (unpaired) electrons. The van der Waals surface area contributed by atoms with Crippen molar-refractivity contribution < 1.29 is 14.3 Å². The van der Waals surface area contributed by atoms with E-state index in [0.29, 0.717) is 30.5 Å². The second-order valence-corrected chi connectivity index (χ2v) is 6.42. The monoisotopic (exact) mass is 349 g/mol. The lowest BCUT2D eigenvalue weighted by atomic mass is 9.97. The highest BCUT2D eigenvalue weighted by Gasteiger charge is 2.36. The molecule has 0 N–H and O–H groups in total. The van der Waals surface area contributed by atoms with Crippen LogP contribution in [-0.2, 0) is 22.2 Å². The first-order valence-electron chi connectivity index (χ1n) is 7.76. The number of benzene rings is 1. The van der Waals surface area contributed by atoms with E-state index in [4.69, 9.17) is 21.1 Å². The van der Waals surface area contributed by atoms with Gasteiger partial charge in [-0.15, -0.1) is 0 Å². The van der Waals surface area contributed by atoms with Crippen LogP contribution in [0, 0.1) is 0 Å². The molecule has 1 aromatic carbocycles. The van der Waals surface area contributed by atoms with Crippen molar-refractivity contribution in [3.05, 3.63) is 47.2 Å². The summed E-state index contributed by atoms with van der Waals surface area (Å²) >= 11 is 6.04. The van der Waals surface area contributed by atoms with Crippen LogP contribution in [0.5, 0.6) is 5.75 Å². The minimum atomic E-state index is -0.563. The van der Waals surface area contributed by atoms with Crippen molar-refractivity contribution in [1.82, 2.24) is 14.7 Å². The number of hydrogen-bond acceptors (Lipinski definition) is 4. The van der Waals surface area contributed by atoms with Gasteiger partial charge in [0, 0.05) is 25.4 Å². The molecular weight excluding hydrogens is 330 g/mol. The molecular formula is C17H20ClN3O3. The summed E-state index contributed by atoms with van der Waals surface area (Å²) in [5.74, 6) is 0.420. The summed E-state index contributed by atoms with van der Waals surface area (Å²) in [6, 6.07) is 7.11. The van der Waals surface area contributed by atoms with Gasteiger partial charge in [0.25, 0.3) is 5.91 Å². The molecule has 1 aliphatic heterocycles. The third-order valence-electron chi connectivity index (χ3n) is 4.13. The van der Waals surface area contributed by atoms with E-state index in [-0.39, 0.29) is 12.5 Å². The summed E-state index contributed by atoms with van der Waals surface area (Å²) in [6.07, 6.45) is 3.68. The van der Waals surface area contributed by atoms with Gasteiger partial charge in [-0.2, -0.15) is 5.10 Å². The fraction of sp³-hybridized carbons (Fsp3) is 0.412. The summed E-state index contributed by atoms with van der Waals surface area (Å²) in [7, 11) is 1.86. The zero-order valence-electron chi connectivity index (χ0n) is 13.7. The van der Waals surface area contributed by atoms with Gasteiger partial charge in [0.2, 0.25) is 0 Å². The molecule has 3 rings (SSSR count). The maximum Gasteiger partial charge on any atom is 0.260 e. The highest BCUT2D eigenvalue weighted by atomic mass is 35.5. The first-order chi connectivity index (χ1) is 11.5. The highest BCUT2D eigenvalue weighted by Crippen LogP contribution is 2.29. The molecule has 1 amide bonds. The lowest BCUT2D eigenvalue weighted by molar-refractivity contribution is -0.151. The van der Waals surface area contributed by atoms with Crippen molar-refractivity contribution in [1.29, 1.82) is 0 Å². The normalized spacial score (nSPS) is 20.9. The van der Waals surface area contributed by atoms with Gasteiger partial charge in [-0.25, -0.2) is 0 Å². The average Bonchev–Trinajstić information content (AvgIpc) is 3.01. The summed E-state index contributed by atoms with van der Waals surface area (Å²) in [5, 5.41) is 4.68. The third-order valence-corrected chi connectivity index (χ3v) is 4.44. The maximum atomic E-state index is 12.5. The molecule has 128 valence electrons. The Morgan fingerprint density at radius 3 is 2.96 bits per heavy atom. The minimum absolute atomic E-state index is 0.0488. The quantitative estimate of drug-likeness (QED) is 0.849. The van der Waals surface area contributed by atoms with Gasteiger partial charge in [-0.1, -0.05) is 23.7 Å². The summed E-state index contributed by atoms with van der Waals surface area (Å²) in [4.78, 5) is 14.2. The number of aromatic nitrogens is 2.